The third-order valence-corrected chi connectivity index (χ3v) is 5.25. The minimum Gasteiger partial charge on any atom is -0.341 e. The molecule has 5 nitrogen and oxygen atoms in total. The molecule has 2 aromatic rings. The van der Waals surface area contributed by atoms with Crippen LogP contribution in [-0.4, -0.2) is 26.9 Å². The molecule has 0 unspecified atom stereocenters. The third kappa shape index (κ3) is 6.62. The molecule has 0 aliphatic heterocycles. The lowest BCUT2D eigenvalue weighted by Crippen LogP contribution is -2.30. The molecule has 0 atom stereocenters. The molecular weight excluding hydrogens is 405 g/mol. The van der Waals surface area contributed by atoms with E-state index in [9.17, 15) is 26.4 Å². The van der Waals surface area contributed by atoms with Gasteiger partial charge in [0, 0.05) is 17.2 Å². The molecule has 0 heterocycles. The van der Waals surface area contributed by atoms with Crippen LogP contribution in [0.25, 0.3) is 0 Å². The van der Waals surface area contributed by atoms with E-state index in [1.165, 1.54) is 36.4 Å². The zero-order chi connectivity index (χ0) is 21.7. The Morgan fingerprint density at radius 3 is 2.34 bits per heavy atom. The van der Waals surface area contributed by atoms with Crippen LogP contribution < -0.4 is 10.0 Å². The SMILES string of the molecule is CC(C)NS(=O)(=O)c1ccc(C(=O)NCC#Cc2cccc(C(F)(F)F)c2)cc1. The Morgan fingerprint density at radius 1 is 1.10 bits per heavy atom. The summed E-state index contributed by atoms with van der Waals surface area (Å²) < 4.78 is 64.5. The predicted octanol–water partition coefficient (Wildman–Crippen LogP) is 3.17. The first-order valence-corrected chi connectivity index (χ1v) is 10.0. The van der Waals surface area contributed by atoms with Crippen LogP contribution in [0.2, 0.25) is 0 Å². The van der Waals surface area contributed by atoms with Gasteiger partial charge >= 0.3 is 6.18 Å². The van der Waals surface area contributed by atoms with E-state index < -0.39 is 27.7 Å². The van der Waals surface area contributed by atoms with Gasteiger partial charge in [0.25, 0.3) is 5.91 Å². The summed E-state index contributed by atoms with van der Waals surface area (Å²) in [4.78, 5) is 12.1. The normalized spacial score (nSPS) is 11.7. The van der Waals surface area contributed by atoms with Gasteiger partial charge in [-0.1, -0.05) is 17.9 Å². The quantitative estimate of drug-likeness (QED) is 0.724. The van der Waals surface area contributed by atoms with Gasteiger partial charge in [-0.3, -0.25) is 4.79 Å². The molecule has 2 N–H and O–H groups in total. The second-order valence-corrected chi connectivity index (χ2v) is 8.08. The lowest BCUT2D eigenvalue weighted by molar-refractivity contribution is -0.137. The van der Waals surface area contributed by atoms with Crippen molar-refractivity contribution < 1.29 is 26.4 Å². The summed E-state index contributed by atoms with van der Waals surface area (Å²) in [6, 6.07) is 9.67. The summed E-state index contributed by atoms with van der Waals surface area (Å²) in [6.07, 6.45) is -4.45. The largest absolute Gasteiger partial charge is 0.416 e. The molecule has 0 aliphatic rings. The first-order valence-electron chi connectivity index (χ1n) is 8.56. The van der Waals surface area contributed by atoms with Crippen LogP contribution in [0.4, 0.5) is 13.2 Å². The van der Waals surface area contributed by atoms with Crippen LogP contribution in [0.15, 0.2) is 53.4 Å². The number of benzene rings is 2. The molecule has 29 heavy (non-hydrogen) atoms. The number of alkyl halides is 3. The van der Waals surface area contributed by atoms with E-state index in [0.29, 0.717) is 0 Å². The van der Waals surface area contributed by atoms with Crippen molar-refractivity contribution in [1.29, 1.82) is 0 Å². The van der Waals surface area contributed by atoms with E-state index in [1.54, 1.807) is 13.8 Å². The molecule has 1 amide bonds. The van der Waals surface area contributed by atoms with Crippen LogP contribution >= 0.6 is 0 Å². The Balaban J connectivity index is 1.98. The predicted molar refractivity (Wildman–Crippen MR) is 103 cm³/mol. The fourth-order valence-corrected chi connectivity index (χ4v) is 3.56. The van der Waals surface area contributed by atoms with Crippen molar-refractivity contribution in [3.8, 4) is 11.8 Å². The zero-order valence-electron chi connectivity index (χ0n) is 15.7. The average molecular weight is 424 g/mol. The van der Waals surface area contributed by atoms with Crippen LogP contribution in [0, 0.1) is 11.8 Å². The van der Waals surface area contributed by atoms with Gasteiger partial charge in [0.15, 0.2) is 0 Å². The minimum absolute atomic E-state index is 0.0343. The molecule has 154 valence electrons. The van der Waals surface area contributed by atoms with E-state index in [-0.39, 0.29) is 28.6 Å². The van der Waals surface area contributed by atoms with Gasteiger partial charge in [0.2, 0.25) is 10.0 Å². The average Bonchev–Trinajstić information content (AvgIpc) is 2.64. The van der Waals surface area contributed by atoms with Crippen LogP contribution in [0.5, 0.6) is 0 Å². The third-order valence-electron chi connectivity index (χ3n) is 3.58. The number of amides is 1. The highest BCUT2D eigenvalue weighted by Gasteiger charge is 2.30. The first kappa shape index (κ1) is 22.5. The lowest BCUT2D eigenvalue weighted by atomic mass is 10.1. The lowest BCUT2D eigenvalue weighted by Gasteiger charge is -2.10. The van der Waals surface area contributed by atoms with Gasteiger partial charge in [-0.2, -0.15) is 13.2 Å². The van der Waals surface area contributed by atoms with Crippen LogP contribution in [0.3, 0.4) is 0 Å². The summed E-state index contributed by atoms with van der Waals surface area (Å²) in [5, 5.41) is 2.50. The van der Waals surface area contributed by atoms with E-state index in [4.69, 9.17) is 0 Å². The highest BCUT2D eigenvalue weighted by molar-refractivity contribution is 7.89. The monoisotopic (exact) mass is 424 g/mol. The molecule has 2 rings (SSSR count). The van der Waals surface area contributed by atoms with Crippen molar-refractivity contribution in [1.82, 2.24) is 10.0 Å². The Labute approximate surface area is 167 Å². The minimum atomic E-state index is -4.45. The van der Waals surface area contributed by atoms with Crippen molar-refractivity contribution in [2.24, 2.45) is 0 Å². The van der Waals surface area contributed by atoms with Gasteiger partial charge < -0.3 is 5.32 Å². The second-order valence-electron chi connectivity index (χ2n) is 6.36. The molecule has 0 saturated heterocycles. The van der Waals surface area contributed by atoms with Gasteiger partial charge in [-0.05, 0) is 56.3 Å². The standard InChI is InChI=1S/C20H19F3N2O3S/c1-14(2)25-29(27,28)18-10-8-16(9-11-18)19(26)24-12-4-6-15-5-3-7-17(13-15)20(21,22)23/h3,5,7-11,13-14,25H,12H2,1-2H3,(H,24,26). The van der Waals surface area contributed by atoms with E-state index >= 15 is 0 Å². The molecule has 0 radical (unpaired) electrons. The molecular formula is C20H19F3N2O3S. The molecule has 2 aromatic carbocycles. The number of hydrogen-bond donors (Lipinski definition) is 2. The maximum absolute atomic E-state index is 12.7. The summed E-state index contributed by atoms with van der Waals surface area (Å²) in [5.74, 6) is 4.66. The van der Waals surface area contributed by atoms with Crippen molar-refractivity contribution in [3.05, 3.63) is 65.2 Å². The number of sulfonamides is 1. The highest BCUT2D eigenvalue weighted by atomic mass is 32.2. The van der Waals surface area contributed by atoms with Gasteiger partial charge in [-0.25, -0.2) is 13.1 Å². The first-order chi connectivity index (χ1) is 13.5. The van der Waals surface area contributed by atoms with E-state index in [2.05, 4.69) is 21.9 Å². The van der Waals surface area contributed by atoms with E-state index in [1.807, 2.05) is 0 Å². The Bertz CT molecular complexity index is 1040. The highest BCUT2D eigenvalue weighted by Crippen LogP contribution is 2.29. The zero-order valence-corrected chi connectivity index (χ0v) is 16.5. The number of carbonyl (C=O) groups is 1. The van der Waals surface area contributed by atoms with Crippen molar-refractivity contribution in [3.63, 3.8) is 0 Å². The van der Waals surface area contributed by atoms with Gasteiger partial charge in [0.1, 0.15) is 0 Å². The number of rotatable bonds is 5. The number of halogens is 3. The smallest absolute Gasteiger partial charge is 0.341 e. The van der Waals surface area contributed by atoms with Crippen molar-refractivity contribution in [2.75, 3.05) is 6.54 Å². The maximum Gasteiger partial charge on any atom is 0.416 e. The molecule has 0 aliphatic carbocycles. The van der Waals surface area contributed by atoms with Gasteiger partial charge in [0.05, 0.1) is 17.0 Å². The van der Waals surface area contributed by atoms with Crippen molar-refractivity contribution >= 4 is 15.9 Å². The molecule has 0 fully saturated rings. The summed E-state index contributed by atoms with van der Waals surface area (Å²) >= 11 is 0. The summed E-state index contributed by atoms with van der Waals surface area (Å²) in [7, 11) is -3.65. The topological polar surface area (TPSA) is 75.3 Å². The molecule has 0 bridgehead atoms. The molecule has 0 spiro atoms. The van der Waals surface area contributed by atoms with Crippen LogP contribution in [0.1, 0.15) is 35.3 Å². The number of nitrogens with one attached hydrogen (secondary N) is 2. The molecule has 0 aromatic heterocycles. The maximum atomic E-state index is 12.7. The number of carbonyl (C=O) groups excluding carboxylic acids is 1. The molecule has 9 heteroatoms. The summed E-state index contributed by atoms with van der Waals surface area (Å²) in [6.45, 7) is 3.31. The fraction of sp³-hybridized carbons (Fsp3) is 0.250. The Hall–Kier alpha value is -2.83. The second kappa shape index (κ2) is 9.11. The fourth-order valence-electron chi connectivity index (χ4n) is 2.31. The van der Waals surface area contributed by atoms with Gasteiger partial charge in [-0.15, -0.1) is 0 Å². The summed E-state index contributed by atoms with van der Waals surface area (Å²) in [5.41, 5.74) is -0.383. The Morgan fingerprint density at radius 2 is 1.76 bits per heavy atom. The van der Waals surface area contributed by atoms with Crippen molar-refractivity contribution in [2.45, 2.75) is 31.0 Å². The molecule has 0 saturated carbocycles. The Kier molecular flexibility index (Phi) is 7.06. The van der Waals surface area contributed by atoms with E-state index in [0.717, 1.165) is 12.1 Å². The van der Waals surface area contributed by atoms with Crippen LogP contribution in [-0.2, 0) is 16.2 Å². The number of hydrogen-bond acceptors (Lipinski definition) is 3.